The second-order valence-corrected chi connectivity index (χ2v) is 13.1. The average Bonchev–Trinajstić information content (AvgIpc) is 3.57. The number of allylic oxidation sites excluding steroid dienone is 1. The summed E-state index contributed by atoms with van der Waals surface area (Å²) in [4.78, 5) is 16.4. The summed E-state index contributed by atoms with van der Waals surface area (Å²) in [6.07, 6.45) is 5.23. The Kier molecular flexibility index (Phi) is 11.2. The molecule has 0 amide bonds. The fourth-order valence-electron chi connectivity index (χ4n) is 6.06. The van der Waals surface area contributed by atoms with Crippen LogP contribution in [0.25, 0.3) is 6.08 Å². The monoisotopic (exact) mass is 684 g/mol. The first-order valence-electron chi connectivity index (χ1n) is 16.2. The van der Waals surface area contributed by atoms with Gasteiger partial charge in [-0.05, 0) is 95.6 Å². The summed E-state index contributed by atoms with van der Waals surface area (Å²) in [7, 11) is 2.13. The van der Waals surface area contributed by atoms with Crippen molar-refractivity contribution in [3.8, 4) is 17.2 Å². The van der Waals surface area contributed by atoms with Crippen LogP contribution in [0.3, 0.4) is 0 Å². The molecule has 1 aliphatic heterocycles. The van der Waals surface area contributed by atoms with Gasteiger partial charge in [0.05, 0.1) is 10.3 Å². The Bertz CT molecular complexity index is 1950. The van der Waals surface area contributed by atoms with Gasteiger partial charge in [0.15, 0.2) is 5.71 Å². The van der Waals surface area contributed by atoms with Crippen LogP contribution in [0.15, 0.2) is 58.8 Å². The van der Waals surface area contributed by atoms with Gasteiger partial charge in [-0.1, -0.05) is 36.4 Å². The normalized spacial score (nSPS) is 15.5. The molecule has 0 saturated heterocycles. The number of hydrogen-bond donors (Lipinski definition) is 2. The van der Waals surface area contributed by atoms with Crippen molar-refractivity contribution < 1.29 is 24.8 Å². The zero-order valence-corrected chi connectivity index (χ0v) is 30.3. The van der Waals surface area contributed by atoms with Gasteiger partial charge in [0, 0.05) is 48.1 Å². The molecule has 4 aromatic rings. The van der Waals surface area contributed by atoms with E-state index in [0.717, 1.165) is 42.1 Å². The first kappa shape index (κ1) is 36.7. The first-order valence-corrected chi connectivity index (χ1v) is 17.0. The highest BCUT2D eigenvalue weighted by molar-refractivity contribution is 7.18. The minimum absolute atomic E-state index is 0.0153. The maximum Gasteiger partial charge on any atom is 0.348 e. The molecule has 11 nitrogen and oxygen atoms in total. The summed E-state index contributed by atoms with van der Waals surface area (Å²) >= 11 is 0.796. The lowest BCUT2D eigenvalue weighted by atomic mass is 9.77. The van der Waals surface area contributed by atoms with Gasteiger partial charge < -0.3 is 20.2 Å². The molecule has 2 N–H and O–H groups in total. The standard InChI is InChI=1S/C24H30N2O.C13H14N4O4S/c1-6-24(4)20-11-9-10-12-21(20)25(5)23(24)16-14-18-13-15-19(17-22(18)27)26(7-2)8-3;1-5-6(2)10(18)7(3)11(19)9(5)15-16-13-14-8(4)12(22-13)17(20)21/h9-17H,6-8H2,1-5H3;18-19H,1-4H3. The number of benzene rings is 3. The van der Waals surface area contributed by atoms with Crippen molar-refractivity contribution in [1.29, 1.82) is 0 Å². The number of para-hydroxylation sites is 1. The number of aryl methyl sites for hydroxylation is 1. The molecule has 1 atom stereocenters. The van der Waals surface area contributed by atoms with Crippen LogP contribution < -0.4 is 10.0 Å². The maximum absolute atomic E-state index is 11.8. The predicted octanol–water partition coefficient (Wildman–Crippen LogP) is 8.83. The smallest absolute Gasteiger partial charge is 0.348 e. The second-order valence-electron chi connectivity index (χ2n) is 12.1. The van der Waals surface area contributed by atoms with Crippen LogP contribution in [-0.4, -0.2) is 50.5 Å². The Morgan fingerprint density at radius 1 is 1.00 bits per heavy atom. The number of nitrogens with zero attached hydrogens (tertiary/aromatic N) is 6. The first-order chi connectivity index (χ1) is 23.2. The Morgan fingerprint density at radius 2 is 1.67 bits per heavy atom. The van der Waals surface area contributed by atoms with Gasteiger partial charge in [0.25, 0.3) is 0 Å². The Hall–Kier alpha value is -5.10. The molecule has 0 aliphatic carbocycles. The minimum Gasteiger partial charge on any atom is -0.872 e. The minimum atomic E-state index is -0.532. The van der Waals surface area contributed by atoms with Crippen molar-refractivity contribution in [2.45, 2.75) is 67.2 Å². The molecule has 1 aromatic heterocycles. The number of phenols is 2. The van der Waals surface area contributed by atoms with E-state index in [2.05, 4.69) is 95.8 Å². The molecule has 3 aromatic carbocycles. The fourth-order valence-corrected chi connectivity index (χ4v) is 6.76. The van der Waals surface area contributed by atoms with Crippen LogP contribution in [-0.2, 0) is 5.41 Å². The number of hydrogen-bond acceptors (Lipinski definition) is 10. The molecule has 12 heteroatoms. The van der Waals surface area contributed by atoms with E-state index >= 15 is 0 Å². The predicted molar refractivity (Wildman–Crippen MR) is 195 cm³/mol. The number of thiazole rings is 1. The molecule has 1 unspecified atom stereocenters. The second kappa shape index (κ2) is 15.0. The highest BCUT2D eigenvalue weighted by Gasteiger charge is 2.44. The average molecular weight is 685 g/mol. The molecule has 49 heavy (non-hydrogen) atoms. The van der Waals surface area contributed by atoms with E-state index in [0.29, 0.717) is 16.9 Å². The van der Waals surface area contributed by atoms with Gasteiger partial charge in [-0.2, -0.15) is 4.58 Å². The number of aromatic hydroxyl groups is 2. The van der Waals surface area contributed by atoms with Gasteiger partial charge in [-0.3, -0.25) is 10.1 Å². The van der Waals surface area contributed by atoms with Crippen molar-refractivity contribution in [1.82, 2.24) is 4.98 Å². The molecule has 0 bridgehead atoms. The number of nitro groups is 1. The maximum atomic E-state index is 11.8. The summed E-state index contributed by atoms with van der Waals surface area (Å²) < 4.78 is 2.27. The van der Waals surface area contributed by atoms with E-state index in [1.54, 1.807) is 13.8 Å². The lowest BCUT2D eigenvalue weighted by Gasteiger charge is -2.21. The van der Waals surface area contributed by atoms with E-state index in [4.69, 9.17) is 0 Å². The van der Waals surface area contributed by atoms with E-state index in [1.165, 1.54) is 30.8 Å². The van der Waals surface area contributed by atoms with Gasteiger partial charge >= 0.3 is 5.00 Å². The third kappa shape index (κ3) is 7.19. The zero-order valence-electron chi connectivity index (χ0n) is 29.5. The van der Waals surface area contributed by atoms with Crippen LogP contribution >= 0.6 is 11.3 Å². The molecular formula is C37H44N6O5S. The number of aromatic nitrogens is 1. The van der Waals surface area contributed by atoms with Crippen LogP contribution in [0, 0.1) is 37.8 Å². The summed E-state index contributed by atoms with van der Waals surface area (Å²) in [6.45, 7) is 17.0. The zero-order chi connectivity index (χ0) is 36.2. The Balaban J connectivity index is 0.000000226. The van der Waals surface area contributed by atoms with E-state index < -0.39 is 4.92 Å². The van der Waals surface area contributed by atoms with E-state index in [1.807, 2.05) is 18.2 Å². The highest BCUT2D eigenvalue weighted by atomic mass is 32.1. The molecule has 0 fully saturated rings. The largest absolute Gasteiger partial charge is 0.872 e. The van der Waals surface area contributed by atoms with Gasteiger partial charge in [0.1, 0.15) is 29.9 Å². The molecule has 0 spiro atoms. The van der Waals surface area contributed by atoms with Crippen molar-refractivity contribution in [3.05, 3.63) is 92.2 Å². The Morgan fingerprint density at radius 3 is 2.27 bits per heavy atom. The third-order valence-corrected chi connectivity index (χ3v) is 10.4. The molecule has 1 aliphatic rings. The molecule has 2 heterocycles. The van der Waals surface area contributed by atoms with Crippen molar-refractivity contribution >= 4 is 50.3 Å². The number of anilines is 1. The van der Waals surface area contributed by atoms with Gasteiger partial charge in [0.2, 0.25) is 10.8 Å². The van der Waals surface area contributed by atoms with Crippen molar-refractivity contribution in [2.24, 2.45) is 10.2 Å². The van der Waals surface area contributed by atoms with Crippen molar-refractivity contribution in [3.63, 3.8) is 0 Å². The lowest BCUT2D eigenvalue weighted by molar-refractivity contribution is -0.401. The van der Waals surface area contributed by atoms with Crippen LogP contribution in [0.4, 0.5) is 27.2 Å². The number of azo groups is 1. The summed E-state index contributed by atoms with van der Waals surface area (Å²) in [6, 6.07) is 14.6. The number of phenolic OH excluding ortho intramolecular Hbond substituents is 2. The van der Waals surface area contributed by atoms with Crippen LogP contribution in [0.2, 0.25) is 0 Å². The van der Waals surface area contributed by atoms with E-state index in [9.17, 15) is 25.4 Å². The van der Waals surface area contributed by atoms with Crippen LogP contribution in [0.1, 0.15) is 67.6 Å². The van der Waals surface area contributed by atoms with Gasteiger partial charge in [-0.15, -0.1) is 10.2 Å². The molecule has 0 saturated carbocycles. The van der Waals surface area contributed by atoms with Gasteiger partial charge in [-0.25, -0.2) is 4.98 Å². The summed E-state index contributed by atoms with van der Waals surface area (Å²) in [5.74, 6) is -0.151. The molecule has 5 rings (SSSR count). The van der Waals surface area contributed by atoms with Crippen LogP contribution in [0.5, 0.6) is 17.2 Å². The topological polar surface area (TPSA) is 151 Å². The van der Waals surface area contributed by atoms with Crippen molar-refractivity contribution in [2.75, 3.05) is 25.0 Å². The Labute approximate surface area is 291 Å². The third-order valence-electron chi connectivity index (χ3n) is 9.40. The summed E-state index contributed by atoms with van der Waals surface area (Å²) in [5, 5.41) is 50.9. The number of fused-ring (bicyclic) bond motifs is 1. The quantitative estimate of drug-likeness (QED) is 0.0774. The SMILES string of the molecule is CCN(CC)c1ccc(/C=C/C2=[N+](C)c3ccccc3C2(C)CC)c(O)c1.Cc1nc(N=Nc2c(C)c(C)c([O-])c(C)c2O)sc1[N+](=O)[O-]. The van der Waals surface area contributed by atoms with E-state index in [-0.39, 0.29) is 44.0 Å². The highest BCUT2D eigenvalue weighted by Crippen LogP contribution is 2.43. The fraction of sp³-hybridized carbons (Fsp3) is 0.351. The number of rotatable bonds is 9. The summed E-state index contributed by atoms with van der Waals surface area (Å²) in [5.41, 5.74) is 7.41. The molecular weight excluding hydrogens is 641 g/mol. The molecule has 258 valence electrons. The lowest BCUT2D eigenvalue weighted by Crippen LogP contribution is -2.29. The molecule has 0 radical (unpaired) electrons.